The van der Waals surface area contributed by atoms with Crippen LogP contribution in [0.4, 0.5) is 5.69 Å². The van der Waals surface area contributed by atoms with Gasteiger partial charge >= 0.3 is 0 Å². The number of hydrogen-bond acceptors (Lipinski definition) is 3. The normalized spacial score (nSPS) is 9.36. The molecule has 1 aromatic rings. The fourth-order valence-corrected chi connectivity index (χ4v) is 1.56. The lowest BCUT2D eigenvalue weighted by molar-refractivity contribution is 0.415. The molecule has 0 aliphatic heterocycles. The molecular formula is C11H14N2O. The molecule has 0 aromatic heterocycles. The van der Waals surface area contributed by atoms with Crippen molar-refractivity contribution in [3.05, 3.63) is 23.3 Å². The monoisotopic (exact) mass is 190 g/mol. The van der Waals surface area contributed by atoms with Gasteiger partial charge in [0, 0.05) is 7.05 Å². The summed E-state index contributed by atoms with van der Waals surface area (Å²) < 4.78 is 5.24. The Morgan fingerprint density at radius 1 is 1.36 bits per heavy atom. The largest absolute Gasteiger partial charge is 0.495 e. The van der Waals surface area contributed by atoms with Gasteiger partial charge in [-0.2, -0.15) is 5.26 Å². The van der Waals surface area contributed by atoms with Crippen LogP contribution in [0.15, 0.2) is 12.1 Å². The molecule has 3 heteroatoms. The Morgan fingerprint density at radius 3 is 2.50 bits per heavy atom. The Morgan fingerprint density at radius 2 is 2.00 bits per heavy atom. The SMILES string of the molecule is COc1cc(C)cc(C)c1N(C)C#N. The van der Waals surface area contributed by atoms with E-state index in [2.05, 4.69) is 6.19 Å². The highest BCUT2D eigenvalue weighted by Gasteiger charge is 2.11. The van der Waals surface area contributed by atoms with Crippen molar-refractivity contribution in [3.63, 3.8) is 0 Å². The van der Waals surface area contributed by atoms with Crippen LogP contribution in [-0.2, 0) is 0 Å². The van der Waals surface area contributed by atoms with Crippen LogP contribution in [0, 0.1) is 25.3 Å². The third-order valence-corrected chi connectivity index (χ3v) is 2.12. The summed E-state index contributed by atoms with van der Waals surface area (Å²) in [4.78, 5) is 1.51. The molecule has 0 spiro atoms. The first-order chi connectivity index (χ1) is 6.60. The number of aryl methyl sites for hydroxylation is 2. The van der Waals surface area contributed by atoms with Gasteiger partial charge in [-0.15, -0.1) is 0 Å². The number of anilines is 1. The molecule has 0 amide bonds. The predicted octanol–water partition coefficient (Wildman–Crippen LogP) is 2.23. The number of benzene rings is 1. The van der Waals surface area contributed by atoms with E-state index >= 15 is 0 Å². The molecule has 0 aliphatic carbocycles. The van der Waals surface area contributed by atoms with Crippen molar-refractivity contribution >= 4 is 5.69 Å². The zero-order chi connectivity index (χ0) is 10.7. The van der Waals surface area contributed by atoms with E-state index in [0.717, 1.165) is 22.6 Å². The second-order valence-electron chi connectivity index (χ2n) is 3.29. The lowest BCUT2D eigenvalue weighted by atomic mass is 10.1. The van der Waals surface area contributed by atoms with Gasteiger partial charge in [0.25, 0.3) is 0 Å². The maximum absolute atomic E-state index is 8.82. The Hall–Kier alpha value is -1.69. The molecule has 1 aromatic carbocycles. The summed E-state index contributed by atoms with van der Waals surface area (Å²) >= 11 is 0. The van der Waals surface area contributed by atoms with Crippen LogP contribution in [0.5, 0.6) is 5.75 Å². The van der Waals surface area contributed by atoms with E-state index in [9.17, 15) is 0 Å². The Balaban J connectivity index is 3.34. The van der Waals surface area contributed by atoms with Crippen molar-refractivity contribution in [2.45, 2.75) is 13.8 Å². The smallest absolute Gasteiger partial charge is 0.184 e. The molecule has 0 atom stereocenters. The molecule has 0 bridgehead atoms. The average Bonchev–Trinajstić information content (AvgIpc) is 2.15. The molecule has 1 rings (SSSR count). The van der Waals surface area contributed by atoms with Gasteiger partial charge in [0.2, 0.25) is 0 Å². The molecule has 0 heterocycles. The topological polar surface area (TPSA) is 36.3 Å². The Labute approximate surface area is 84.5 Å². The van der Waals surface area contributed by atoms with Gasteiger partial charge in [0.05, 0.1) is 12.8 Å². The predicted molar refractivity (Wildman–Crippen MR) is 56.5 cm³/mol. The van der Waals surface area contributed by atoms with Crippen LogP contribution in [0.2, 0.25) is 0 Å². The van der Waals surface area contributed by atoms with E-state index in [1.54, 1.807) is 14.2 Å². The summed E-state index contributed by atoms with van der Waals surface area (Å²) in [5, 5.41) is 8.82. The maximum atomic E-state index is 8.82. The molecule has 0 aliphatic rings. The summed E-state index contributed by atoms with van der Waals surface area (Å²) in [6.07, 6.45) is 2.07. The van der Waals surface area contributed by atoms with Crippen molar-refractivity contribution in [1.29, 1.82) is 5.26 Å². The standard InChI is InChI=1S/C11H14N2O/c1-8-5-9(2)11(13(3)7-12)10(6-8)14-4/h5-6H,1-4H3. The highest BCUT2D eigenvalue weighted by atomic mass is 16.5. The lowest BCUT2D eigenvalue weighted by Crippen LogP contribution is -2.11. The van der Waals surface area contributed by atoms with Gasteiger partial charge in [0.15, 0.2) is 6.19 Å². The second-order valence-corrected chi connectivity index (χ2v) is 3.29. The van der Waals surface area contributed by atoms with Crippen molar-refractivity contribution in [2.75, 3.05) is 19.1 Å². The van der Waals surface area contributed by atoms with Gasteiger partial charge < -0.3 is 4.74 Å². The van der Waals surface area contributed by atoms with Gasteiger partial charge in [0.1, 0.15) is 5.75 Å². The highest BCUT2D eigenvalue weighted by Crippen LogP contribution is 2.31. The summed E-state index contributed by atoms with van der Waals surface area (Å²) in [7, 11) is 3.34. The first-order valence-electron chi connectivity index (χ1n) is 4.39. The Bertz CT molecular complexity index is 380. The number of ether oxygens (including phenoxy) is 1. The van der Waals surface area contributed by atoms with Crippen LogP contribution < -0.4 is 9.64 Å². The van der Waals surface area contributed by atoms with E-state index in [1.165, 1.54) is 4.90 Å². The number of methoxy groups -OCH3 is 1. The highest BCUT2D eigenvalue weighted by molar-refractivity contribution is 5.66. The number of nitrogens with zero attached hydrogens (tertiary/aromatic N) is 2. The van der Waals surface area contributed by atoms with E-state index in [0.29, 0.717) is 0 Å². The average molecular weight is 190 g/mol. The summed E-state index contributed by atoms with van der Waals surface area (Å²) in [6, 6.07) is 3.96. The Kier molecular flexibility index (Phi) is 2.98. The second kappa shape index (κ2) is 4.01. The fraction of sp³-hybridized carbons (Fsp3) is 0.364. The van der Waals surface area contributed by atoms with Gasteiger partial charge in [-0.25, -0.2) is 0 Å². The molecule has 0 saturated carbocycles. The third kappa shape index (κ3) is 1.80. The van der Waals surface area contributed by atoms with Crippen LogP contribution in [0.3, 0.4) is 0 Å². The van der Waals surface area contributed by atoms with Crippen LogP contribution in [0.25, 0.3) is 0 Å². The van der Waals surface area contributed by atoms with Crippen molar-refractivity contribution in [2.24, 2.45) is 0 Å². The molecule has 0 fully saturated rings. The van der Waals surface area contributed by atoms with Gasteiger partial charge in [-0.3, -0.25) is 4.90 Å². The molecule has 74 valence electrons. The number of rotatable bonds is 2. The zero-order valence-corrected chi connectivity index (χ0v) is 8.96. The molecule has 0 N–H and O–H groups in total. The zero-order valence-electron chi connectivity index (χ0n) is 8.96. The minimum Gasteiger partial charge on any atom is -0.495 e. The molecule has 0 saturated heterocycles. The van der Waals surface area contributed by atoms with E-state index in [-0.39, 0.29) is 0 Å². The number of nitriles is 1. The first kappa shape index (κ1) is 10.4. The minimum atomic E-state index is 0.742. The minimum absolute atomic E-state index is 0.742. The maximum Gasteiger partial charge on any atom is 0.184 e. The summed E-state index contributed by atoms with van der Waals surface area (Å²) in [5.74, 6) is 0.742. The van der Waals surface area contributed by atoms with E-state index in [4.69, 9.17) is 10.00 Å². The molecule has 0 unspecified atom stereocenters. The third-order valence-electron chi connectivity index (χ3n) is 2.12. The summed E-state index contributed by atoms with van der Waals surface area (Å²) in [6.45, 7) is 3.98. The molecule has 3 nitrogen and oxygen atoms in total. The number of hydrogen-bond donors (Lipinski definition) is 0. The van der Waals surface area contributed by atoms with Crippen LogP contribution >= 0.6 is 0 Å². The molecule has 14 heavy (non-hydrogen) atoms. The fourth-order valence-electron chi connectivity index (χ4n) is 1.56. The van der Waals surface area contributed by atoms with Crippen LogP contribution in [0.1, 0.15) is 11.1 Å². The van der Waals surface area contributed by atoms with Crippen LogP contribution in [-0.4, -0.2) is 14.2 Å². The molecular weight excluding hydrogens is 176 g/mol. The molecule has 0 radical (unpaired) electrons. The van der Waals surface area contributed by atoms with Crippen molar-refractivity contribution in [3.8, 4) is 11.9 Å². The van der Waals surface area contributed by atoms with Crippen molar-refractivity contribution in [1.82, 2.24) is 0 Å². The van der Waals surface area contributed by atoms with E-state index < -0.39 is 0 Å². The van der Waals surface area contributed by atoms with Gasteiger partial charge in [-0.05, 0) is 31.0 Å². The quantitative estimate of drug-likeness (QED) is 0.530. The van der Waals surface area contributed by atoms with Crippen molar-refractivity contribution < 1.29 is 4.74 Å². The first-order valence-corrected chi connectivity index (χ1v) is 4.39. The lowest BCUT2D eigenvalue weighted by Gasteiger charge is -2.17. The van der Waals surface area contributed by atoms with E-state index in [1.807, 2.05) is 26.0 Å². The summed E-state index contributed by atoms with van der Waals surface area (Å²) in [5.41, 5.74) is 3.01. The van der Waals surface area contributed by atoms with Gasteiger partial charge in [-0.1, -0.05) is 6.07 Å².